The first-order chi connectivity index (χ1) is 8.65. The molecule has 1 aromatic carbocycles. The van der Waals surface area contributed by atoms with Gasteiger partial charge in [0, 0.05) is 11.0 Å². The first-order valence-corrected chi connectivity index (χ1v) is 6.52. The average molecular weight is 316 g/mol. The van der Waals surface area contributed by atoms with E-state index in [-0.39, 0.29) is 5.84 Å². The van der Waals surface area contributed by atoms with Gasteiger partial charge in [-0.2, -0.15) is 0 Å². The van der Waals surface area contributed by atoms with Crippen molar-refractivity contribution in [1.82, 2.24) is 4.90 Å². The lowest BCUT2D eigenvalue weighted by Gasteiger charge is -2.19. The van der Waals surface area contributed by atoms with Gasteiger partial charge in [0.1, 0.15) is 12.4 Å². The number of rotatable bonds is 7. The normalized spacial score (nSPS) is 11.8. The quantitative estimate of drug-likeness (QED) is 0.349. The molecule has 0 saturated carbocycles. The summed E-state index contributed by atoms with van der Waals surface area (Å²) >= 11 is 3.37. The predicted octanol–water partition coefficient (Wildman–Crippen LogP) is 1.90. The Labute approximate surface area is 115 Å². The van der Waals surface area contributed by atoms with E-state index in [0.717, 1.165) is 23.3 Å². The summed E-state index contributed by atoms with van der Waals surface area (Å²) in [6.45, 7) is 4.57. The van der Waals surface area contributed by atoms with E-state index in [0.29, 0.717) is 13.2 Å². The van der Waals surface area contributed by atoms with Crippen molar-refractivity contribution in [3.05, 3.63) is 28.7 Å². The highest BCUT2D eigenvalue weighted by Gasteiger charge is 2.05. The molecule has 0 bridgehead atoms. The van der Waals surface area contributed by atoms with Crippen LogP contribution < -0.4 is 10.5 Å². The molecule has 3 N–H and O–H groups in total. The molecule has 1 aromatic rings. The van der Waals surface area contributed by atoms with Crippen LogP contribution in [-0.4, -0.2) is 42.2 Å². The zero-order valence-electron chi connectivity index (χ0n) is 10.3. The molecule has 0 aliphatic carbocycles. The van der Waals surface area contributed by atoms with Gasteiger partial charge in [-0.25, -0.2) is 0 Å². The largest absolute Gasteiger partial charge is 0.492 e. The summed E-state index contributed by atoms with van der Waals surface area (Å²) in [6.07, 6.45) is 0. The Balaban J connectivity index is 2.33. The molecular formula is C12H18BrN3O2. The Morgan fingerprint density at radius 1 is 1.44 bits per heavy atom. The van der Waals surface area contributed by atoms with Crippen molar-refractivity contribution in [2.24, 2.45) is 10.9 Å². The molecule has 0 aromatic heterocycles. The second-order valence-electron chi connectivity index (χ2n) is 3.76. The number of halogens is 1. The number of amidine groups is 1. The number of likely N-dealkylation sites (N-methyl/N-ethyl adjacent to an activating group) is 1. The number of hydrogen-bond acceptors (Lipinski definition) is 4. The molecule has 0 spiro atoms. The Hall–Kier alpha value is -1.27. The fourth-order valence-corrected chi connectivity index (χ4v) is 1.70. The molecule has 6 heteroatoms. The molecular weight excluding hydrogens is 298 g/mol. The summed E-state index contributed by atoms with van der Waals surface area (Å²) in [7, 11) is 0. The Kier molecular flexibility index (Phi) is 6.53. The van der Waals surface area contributed by atoms with Crippen LogP contribution in [0.15, 0.2) is 33.9 Å². The number of nitrogens with two attached hydrogens (primary N) is 1. The summed E-state index contributed by atoms with van der Waals surface area (Å²) in [5.41, 5.74) is 5.46. The number of benzene rings is 1. The summed E-state index contributed by atoms with van der Waals surface area (Å²) < 4.78 is 6.63. The Bertz CT molecular complexity index is 381. The van der Waals surface area contributed by atoms with Gasteiger partial charge >= 0.3 is 0 Å². The highest BCUT2D eigenvalue weighted by molar-refractivity contribution is 9.10. The van der Waals surface area contributed by atoms with Crippen LogP contribution in [0.5, 0.6) is 5.75 Å². The molecule has 0 atom stereocenters. The van der Waals surface area contributed by atoms with E-state index in [1.165, 1.54) is 0 Å². The maximum Gasteiger partial charge on any atom is 0.153 e. The molecule has 0 fully saturated rings. The zero-order chi connectivity index (χ0) is 13.4. The van der Waals surface area contributed by atoms with E-state index in [1.54, 1.807) is 0 Å². The maximum absolute atomic E-state index is 8.51. The molecule has 1 rings (SSSR count). The van der Waals surface area contributed by atoms with Crippen molar-refractivity contribution in [2.75, 3.05) is 26.2 Å². The molecule has 0 heterocycles. The van der Waals surface area contributed by atoms with Gasteiger partial charge in [0.15, 0.2) is 5.84 Å². The van der Waals surface area contributed by atoms with E-state index in [9.17, 15) is 0 Å². The minimum Gasteiger partial charge on any atom is -0.492 e. The van der Waals surface area contributed by atoms with Crippen molar-refractivity contribution in [1.29, 1.82) is 0 Å². The fourth-order valence-electron chi connectivity index (χ4n) is 1.43. The number of nitrogens with zero attached hydrogens (tertiary/aromatic N) is 2. The van der Waals surface area contributed by atoms with E-state index >= 15 is 0 Å². The van der Waals surface area contributed by atoms with E-state index < -0.39 is 0 Å². The molecule has 100 valence electrons. The third-order valence-corrected chi connectivity index (χ3v) is 2.98. The standard InChI is InChI=1S/C12H18BrN3O2/c1-2-16(9-12(14)15-17)7-8-18-11-5-3-10(13)4-6-11/h3-6,17H,2,7-9H2,1H3,(H2,14,15). The first kappa shape index (κ1) is 14.8. The van der Waals surface area contributed by atoms with Crippen LogP contribution >= 0.6 is 15.9 Å². The molecule has 5 nitrogen and oxygen atoms in total. The number of oxime groups is 1. The van der Waals surface area contributed by atoms with Crippen molar-refractivity contribution in [3.63, 3.8) is 0 Å². The van der Waals surface area contributed by atoms with Gasteiger partial charge in [0.25, 0.3) is 0 Å². The lowest BCUT2D eigenvalue weighted by molar-refractivity contribution is 0.230. The molecule has 0 saturated heterocycles. The van der Waals surface area contributed by atoms with Gasteiger partial charge < -0.3 is 15.7 Å². The van der Waals surface area contributed by atoms with Crippen LogP contribution in [0.2, 0.25) is 0 Å². The van der Waals surface area contributed by atoms with Crippen molar-refractivity contribution >= 4 is 21.8 Å². The van der Waals surface area contributed by atoms with Gasteiger partial charge in [-0.3, -0.25) is 4.90 Å². The van der Waals surface area contributed by atoms with Crippen LogP contribution in [0, 0.1) is 0 Å². The van der Waals surface area contributed by atoms with Crippen LogP contribution in [0.25, 0.3) is 0 Å². The molecule has 0 aliphatic heterocycles. The van der Waals surface area contributed by atoms with Crippen LogP contribution in [-0.2, 0) is 0 Å². The van der Waals surface area contributed by atoms with Crippen molar-refractivity contribution < 1.29 is 9.94 Å². The maximum atomic E-state index is 8.51. The third-order valence-electron chi connectivity index (χ3n) is 2.45. The molecule has 0 radical (unpaired) electrons. The predicted molar refractivity (Wildman–Crippen MR) is 75.2 cm³/mol. The Morgan fingerprint density at radius 2 is 2.11 bits per heavy atom. The summed E-state index contributed by atoms with van der Waals surface area (Å²) in [4.78, 5) is 2.04. The summed E-state index contributed by atoms with van der Waals surface area (Å²) in [6, 6.07) is 7.68. The number of hydrogen-bond donors (Lipinski definition) is 2. The third kappa shape index (κ3) is 5.37. The minimum absolute atomic E-state index is 0.209. The fraction of sp³-hybridized carbons (Fsp3) is 0.417. The van der Waals surface area contributed by atoms with Crippen LogP contribution in [0.3, 0.4) is 0 Å². The summed E-state index contributed by atoms with van der Waals surface area (Å²) in [5.74, 6) is 1.04. The van der Waals surface area contributed by atoms with Crippen molar-refractivity contribution in [2.45, 2.75) is 6.92 Å². The van der Waals surface area contributed by atoms with E-state index in [2.05, 4.69) is 21.1 Å². The lowest BCUT2D eigenvalue weighted by Crippen LogP contribution is -2.36. The van der Waals surface area contributed by atoms with Gasteiger partial charge in [-0.05, 0) is 30.8 Å². The van der Waals surface area contributed by atoms with Gasteiger partial charge in [-0.1, -0.05) is 28.0 Å². The minimum atomic E-state index is 0.209. The van der Waals surface area contributed by atoms with E-state index in [1.807, 2.05) is 36.1 Å². The molecule has 18 heavy (non-hydrogen) atoms. The number of ether oxygens (including phenoxy) is 1. The zero-order valence-corrected chi connectivity index (χ0v) is 11.9. The van der Waals surface area contributed by atoms with Crippen molar-refractivity contribution in [3.8, 4) is 5.75 Å². The molecule has 0 aliphatic rings. The van der Waals surface area contributed by atoms with Gasteiger partial charge in [0.2, 0.25) is 0 Å². The smallest absolute Gasteiger partial charge is 0.153 e. The van der Waals surface area contributed by atoms with E-state index in [4.69, 9.17) is 15.7 Å². The topological polar surface area (TPSA) is 71.1 Å². The average Bonchev–Trinajstić information content (AvgIpc) is 2.39. The van der Waals surface area contributed by atoms with Gasteiger partial charge in [0.05, 0.1) is 6.54 Å². The molecule has 0 amide bonds. The highest BCUT2D eigenvalue weighted by Crippen LogP contribution is 2.15. The summed E-state index contributed by atoms with van der Waals surface area (Å²) in [5, 5.41) is 11.5. The lowest BCUT2D eigenvalue weighted by atomic mass is 10.3. The first-order valence-electron chi connectivity index (χ1n) is 5.72. The monoisotopic (exact) mass is 315 g/mol. The Morgan fingerprint density at radius 3 is 2.67 bits per heavy atom. The van der Waals surface area contributed by atoms with Gasteiger partial charge in [-0.15, -0.1) is 0 Å². The molecule has 0 unspecified atom stereocenters. The second-order valence-corrected chi connectivity index (χ2v) is 4.68. The highest BCUT2D eigenvalue weighted by atomic mass is 79.9. The van der Waals surface area contributed by atoms with Crippen LogP contribution in [0.1, 0.15) is 6.92 Å². The second kappa shape index (κ2) is 7.94. The SMILES string of the molecule is CCN(CCOc1ccc(Br)cc1)C/C(N)=N/O. The van der Waals surface area contributed by atoms with Crippen LogP contribution in [0.4, 0.5) is 0 Å².